The molecule has 1 unspecified atom stereocenters. The number of ether oxygens (including phenoxy) is 1. The highest BCUT2D eigenvalue weighted by Gasteiger charge is 2.28. The number of terminal acetylenes is 1. The zero-order valence-corrected chi connectivity index (χ0v) is 6.92. The van der Waals surface area contributed by atoms with Crippen LogP contribution in [0.15, 0.2) is 0 Å². The Bertz CT molecular complexity index is 224. The predicted molar refractivity (Wildman–Crippen MR) is 46.2 cm³/mol. The van der Waals surface area contributed by atoms with E-state index in [2.05, 4.69) is 17.8 Å². The molecule has 1 fully saturated rings. The Morgan fingerprint density at radius 2 is 2.25 bits per heavy atom. The lowest BCUT2D eigenvalue weighted by Gasteiger charge is -1.96. The maximum atomic E-state index is 9.28. The molecular weight excluding hydrogens is 152 g/mol. The SMILES string of the molecule is C#CCOCC#CC(O)C1CC1. The number of aliphatic hydroxyl groups is 1. The molecule has 1 N–H and O–H groups in total. The molecule has 0 saturated heterocycles. The zero-order chi connectivity index (χ0) is 8.81. The molecule has 1 aliphatic carbocycles. The quantitative estimate of drug-likeness (QED) is 0.483. The van der Waals surface area contributed by atoms with E-state index in [0.717, 1.165) is 12.8 Å². The standard InChI is InChI=1S/C10H12O2/c1-2-7-12-8-3-4-10(11)9-5-6-9/h1,9-11H,5-8H2. The molecule has 2 heteroatoms. The van der Waals surface area contributed by atoms with Crippen molar-refractivity contribution < 1.29 is 9.84 Å². The molecule has 0 aliphatic heterocycles. The van der Waals surface area contributed by atoms with Crippen LogP contribution >= 0.6 is 0 Å². The van der Waals surface area contributed by atoms with Gasteiger partial charge in [0, 0.05) is 0 Å². The van der Waals surface area contributed by atoms with Crippen LogP contribution in [0.4, 0.5) is 0 Å². The molecule has 0 bridgehead atoms. The summed E-state index contributed by atoms with van der Waals surface area (Å²) >= 11 is 0. The van der Waals surface area contributed by atoms with Gasteiger partial charge in [0.15, 0.2) is 0 Å². The molecule has 2 nitrogen and oxygen atoms in total. The van der Waals surface area contributed by atoms with Crippen LogP contribution in [0.25, 0.3) is 0 Å². The van der Waals surface area contributed by atoms with Gasteiger partial charge >= 0.3 is 0 Å². The van der Waals surface area contributed by atoms with Gasteiger partial charge in [0.1, 0.15) is 19.3 Å². The Hall–Kier alpha value is -0.960. The molecular formula is C10H12O2. The fourth-order valence-corrected chi connectivity index (χ4v) is 0.837. The van der Waals surface area contributed by atoms with Crippen molar-refractivity contribution in [2.45, 2.75) is 18.9 Å². The number of hydrogen-bond donors (Lipinski definition) is 1. The lowest BCUT2D eigenvalue weighted by Crippen LogP contribution is -2.05. The van der Waals surface area contributed by atoms with Crippen molar-refractivity contribution in [1.29, 1.82) is 0 Å². The third-order valence-electron chi connectivity index (χ3n) is 1.68. The average molecular weight is 164 g/mol. The van der Waals surface area contributed by atoms with Gasteiger partial charge in [-0.05, 0) is 18.8 Å². The summed E-state index contributed by atoms with van der Waals surface area (Å²) in [4.78, 5) is 0. The monoisotopic (exact) mass is 164 g/mol. The molecule has 1 atom stereocenters. The van der Waals surface area contributed by atoms with E-state index in [1.807, 2.05) is 0 Å². The van der Waals surface area contributed by atoms with Crippen molar-refractivity contribution in [3.05, 3.63) is 0 Å². The fourth-order valence-electron chi connectivity index (χ4n) is 0.837. The molecule has 0 aromatic heterocycles. The molecule has 0 aromatic rings. The Balaban J connectivity index is 2.06. The van der Waals surface area contributed by atoms with E-state index in [0.29, 0.717) is 12.5 Å². The fraction of sp³-hybridized carbons (Fsp3) is 0.600. The molecule has 64 valence electrons. The van der Waals surface area contributed by atoms with E-state index in [4.69, 9.17) is 11.2 Å². The summed E-state index contributed by atoms with van der Waals surface area (Å²) in [7, 11) is 0. The Kier molecular flexibility index (Phi) is 3.67. The number of rotatable bonds is 3. The van der Waals surface area contributed by atoms with Crippen LogP contribution in [0.5, 0.6) is 0 Å². The summed E-state index contributed by atoms with van der Waals surface area (Å²) in [5.41, 5.74) is 0. The number of aliphatic hydroxyl groups excluding tert-OH is 1. The van der Waals surface area contributed by atoms with Gasteiger partial charge in [-0.3, -0.25) is 0 Å². The summed E-state index contributed by atoms with van der Waals surface area (Å²) in [5, 5.41) is 9.28. The largest absolute Gasteiger partial charge is 0.380 e. The molecule has 1 aliphatic rings. The second kappa shape index (κ2) is 4.83. The second-order valence-corrected chi connectivity index (χ2v) is 2.80. The van der Waals surface area contributed by atoms with Crippen molar-refractivity contribution in [2.75, 3.05) is 13.2 Å². The first-order valence-electron chi connectivity index (χ1n) is 4.02. The van der Waals surface area contributed by atoms with Gasteiger partial charge < -0.3 is 9.84 Å². The predicted octanol–water partition coefficient (Wildman–Crippen LogP) is 0.411. The third-order valence-corrected chi connectivity index (χ3v) is 1.68. The summed E-state index contributed by atoms with van der Waals surface area (Å²) < 4.78 is 4.91. The van der Waals surface area contributed by atoms with Crippen molar-refractivity contribution >= 4 is 0 Å². The van der Waals surface area contributed by atoms with Gasteiger partial charge in [-0.2, -0.15) is 0 Å². The average Bonchev–Trinajstić information content (AvgIpc) is 2.86. The maximum absolute atomic E-state index is 9.28. The lowest BCUT2D eigenvalue weighted by atomic mass is 10.2. The smallest absolute Gasteiger partial charge is 0.117 e. The van der Waals surface area contributed by atoms with E-state index in [1.165, 1.54) is 0 Å². The van der Waals surface area contributed by atoms with E-state index < -0.39 is 6.10 Å². The minimum absolute atomic E-state index is 0.286. The van der Waals surface area contributed by atoms with Gasteiger partial charge in [0.25, 0.3) is 0 Å². The summed E-state index contributed by atoms with van der Waals surface area (Å²) in [5.74, 6) is 8.18. The normalized spacial score (nSPS) is 17.3. The molecule has 1 saturated carbocycles. The molecule has 0 aromatic carbocycles. The van der Waals surface area contributed by atoms with Crippen LogP contribution in [-0.2, 0) is 4.74 Å². The highest BCUT2D eigenvalue weighted by Crippen LogP contribution is 2.31. The topological polar surface area (TPSA) is 29.5 Å². The number of hydrogen-bond acceptors (Lipinski definition) is 2. The molecule has 0 spiro atoms. The van der Waals surface area contributed by atoms with Gasteiger partial charge in [0.2, 0.25) is 0 Å². The lowest BCUT2D eigenvalue weighted by molar-refractivity contribution is 0.199. The maximum Gasteiger partial charge on any atom is 0.117 e. The molecule has 12 heavy (non-hydrogen) atoms. The van der Waals surface area contributed by atoms with Gasteiger partial charge in [-0.25, -0.2) is 0 Å². The summed E-state index contributed by atoms with van der Waals surface area (Å²) in [6.45, 7) is 0.599. The highest BCUT2D eigenvalue weighted by atomic mass is 16.5. The van der Waals surface area contributed by atoms with Crippen LogP contribution in [-0.4, -0.2) is 24.4 Å². The molecule has 1 rings (SSSR count). The van der Waals surface area contributed by atoms with Crippen LogP contribution in [0.2, 0.25) is 0 Å². The Morgan fingerprint density at radius 1 is 1.50 bits per heavy atom. The van der Waals surface area contributed by atoms with Crippen LogP contribution in [0.1, 0.15) is 12.8 Å². The summed E-state index contributed by atoms with van der Waals surface area (Å²) in [6, 6.07) is 0. The summed E-state index contributed by atoms with van der Waals surface area (Å²) in [6.07, 6.45) is 6.69. The Morgan fingerprint density at radius 3 is 2.83 bits per heavy atom. The van der Waals surface area contributed by atoms with Crippen molar-refractivity contribution in [2.24, 2.45) is 5.92 Å². The molecule has 0 amide bonds. The minimum atomic E-state index is -0.459. The van der Waals surface area contributed by atoms with Crippen LogP contribution in [0, 0.1) is 30.1 Å². The third kappa shape index (κ3) is 3.44. The van der Waals surface area contributed by atoms with Crippen molar-refractivity contribution in [3.63, 3.8) is 0 Å². The van der Waals surface area contributed by atoms with Crippen molar-refractivity contribution in [1.82, 2.24) is 0 Å². The Labute approximate surface area is 72.9 Å². The van der Waals surface area contributed by atoms with Gasteiger partial charge in [-0.1, -0.05) is 17.8 Å². The second-order valence-electron chi connectivity index (χ2n) is 2.80. The minimum Gasteiger partial charge on any atom is -0.380 e. The van der Waals surface area contributed by atoms with E-state index in [1.54, 1.807) is 0 Å². The first kappa shape index (κ1) is 9.13. The van der Waals surface area contributed by atoms with E-state index >= 15 is 0 Å². The van der Waals surface area contributed by atoms with Crippen LogP contribution in [0.3, 0.4) is 0 Å². The van der Waals surface area contributed by atoms with Gasteiger partial charge in [-0.15, -0.1) is 6.42 Å². The van der Waals surface area contributed by atoms with E-state index in [-0.39, 0.29) is 6.61 Å². The molecule has 0 radical (unpaired) electrons. The zero-order valence-electron chi connectivity index (χ0n) is 6.92. The first-order chi connectivity index (χ1) is 5.84. The molecule has 0 heterocycles. The van der Waals surface area contributed by atoms with Gasteiger partial charge in [0.05, 0.1) is 0 Å². The first-order valence-corrected chi connectivity index (χ1v) is 4.02. The van der Waals surface area contributed by atoms with Crippen molar-refractivity contribution in [3.8, 4) is 24.2 Å². The van der Waals surface area contributed by atoms with Crippen LogP contribution < -0.4 is 0 Å². The highest BCUT2D eigenvalue weighted by molar-refractivity contribution is 5.09. The van der Waals surface area contributed by atoms with E-state index in [9.17, 15) is 5.11 Å².